The summed E-state index contributed by atoms with van der Waals surface area (Å²) in [5, 5.41) is 2.99. The maximum absolute atomic E-state index is 12.0. The molecule has 2 unspecified atom stereocenters. The van der Waals surface area contributed by atoms with Gasteiger partial charge in [-0.1, -0.05) is 0 Å². The SMILES string of the molecule is CC(N)C(=O)N1CCCC(C(=O)NCC2CC2)C1. The van der Waals surface area contributed by atoms with Crippen LogP contribution < -0.4 is 11.1 Å². The zero-order valence-electron chi connectivity index (χ0n) is 11.0. The molecule has 1 aliphatic carbocycles. The van der Waals surface area contributed by atoms with Crippen LogP contribution >= 0.6 is 0 Å². The molecule has 1 aliphatic heterocycles. The molecular weight excluding hydrogens is 230 g/mol. The second-order valence-corrected chi connectivity index (χ2v) is 5.60. The lowest BCUT2D eigenvalue weighted by Crippen LogP contribution is -2.49. The summed E-state index contributed by atoms with van der Waals surface area (Å²) in [7, 11) is 0. The maximum Gasteiger partial charge on any atom is 0.239 e. The summed E-state index contributed by atoms with van der Waals surface area (Å²) >= 11 is 0. The van der Waals surface area contributed by atoms with Crippen LogP contribution in [0.2, 0.25) is 0 Å². The first kappa shape index (κ1) is 13.3. The van der Waals surface area contributed by atoms with Crippen LogP contribution in [0, 0.1) is 11.8 Å². The van der Waals surface area contributed by atoms with Crippen LogP contribution in [-0.2, 0) is 9.59 Å². The Hall–Kier alpha value is -1.10. The van der Waals surface area contributed by atoms with Gasteiger partial charge in [-0.15, -0.1) is 0 Å². The number of nitrogens with one attached hydrogen (secondary N) is 1. The van der Waals surface area contributed by atoms with Gasteiger partial charge in [-0.2, -0.15) is 0 Å². The molecule has 3 N–H and O–H groups in total. The molecule has 2 rings (SSSR count). The van der Waals surface area contributed by atoms with Crippen LogP contribution in [0.15, 0.2) is 0 Å². The molecule has 0 aromatic heterocycles. The summed E-state index contributed by atoms with van der Waals surface area (Å²) in [5.74, 6) is 0.693. The molecule has 5 nitrogen and oxygen atoms in total. The van der Waals surface area contributed by atoms with Crippen molar-refractivity contribution in [1.82, 2.24) is 10.2 Å². The van der Waals surface area contributed by atoms with Crippen molar-refractivity contribution in [3.8, 4) is 0 Å². The lowest BCUT2D eigenvalue weighted by molar-refractivity contribution is -0.136. The molecule has 1 heterocycles. The van der Waals surface area contributed by atoms with E-state index in [9.17, 15) is 9.59 Å². The van der Waals surface area contributed by atoms with Crippen molar-refractivity contribution in [2.75, 3.05) is 19.6 Å². The second kappa shape index (κ2) is 5.69. The minimum Gasteiger partial charge on any atom is -0.356 e. The van der Waals surface area contributed by atoms with E-state index in [1.165, 1.54) is 12.8 Å². The number of piperidine rings is 1. The van der Waals surface area contributed by atoms with E-state index in [-0.39, 0.29) is 17.7 Å². The minimum absolute atomic E-state index is 0.0466. The molecule has 102 valence electrons. The Kier molecular flexibility index (Phi) is 4.22. The summed E-state index contributed by atoms with van der Waals surface area (Å²) in [5.41, 5.74) is 5.60. The number of likely N-dealkylation sites (tertiary alicyclic amines) is 1. The van der Waals surface area contributed by atoms with Gasteiger partial charge in [0.25, 0.3) is 0 Å². The summed E-state index contributed by atoms with van der Waals surface area (Å²) in [6.45, 7) is 3.75. The number of nitrogens with two attached hydrogens (primary N) is 1. The third-order valence-electron chi connectivity index (χ3n) is 3.76. The van der Waals surface area contributed by atoms with Gasteiger partial charge >= 0.3 is 0 Å². The highest BCUT2D eigenvalue weighted by Gasteiger charge is 2.30. The molecule has 1 saturated heterocycles. The molecule has 5 heteroatoms. The maximum atomic E-state index is 12.0. The summed E-state index contributed by atoms with van der Waals surface area (Å²) in [6, 6.07) is -0.474. The average molecular weight is 253 g/mol. The highest BCUT2D eigenvalue weighted by molar-refractivity contribution is 5.83. The molecule has 2 aliphatic rings. The Bertz CT molecular complexity index is 326. The van der Waals surface area contributed by atoms with E-state index in [4.69, 9.17) is 5.73 Å². The number of rotatable bonds is 4. The second-order valence-electron chi connectivity index (χ2n) is 5.60. The van der Waals surface area contributed by atoms with Crippen molar-refractivity contribution in [1.29, 1.82) is 0 Å². The van der Waals surface area contributed by atoms with Crippen molar-refractivity contribution < 1.29 is 9.59 Å². The highest BCUT2D eigenvalue weighted by atomic mass is 16.2. The van der Waals surface area contributed by atoms with Gasteiger partial charge in [0.15, 0.2) is 0 Å². The van der Waals surface area contributed by atoms with Crippen LogP contribution in [0.3, 0.4) is 0 Å². The lowest BCUT2D eigenvalue weighted by atomic mass is 9.96. The van der Waals surface area contributed by atoms with Crippen molar-refractivity contribution in [2.45, 2.75) is 38.6 Å². The fourth-order valence-corrected chi connectivity index (χ4v) is 2.39. The number of hydrogen-bond acceptors (Lipinski definition) is 3. The summed E-state index contributed by atoms with van der Waals surface area (Å²) in [4.78, 5) is 25.5. The smallest absolute Gasteiger partial charge is 0.239 e. The van der Waals surface area contributed by atoms with Crippen LogP contribution in [0.1, 0.15) is 32.6 Å². The molecule has 18 heavy (non-hydrogen) atoms. The lowest BCUT2D eigenvalue weighted by Gasteiger charge is -2.33. The third-order valence-corrected chi connectivity index (χ3v) is 3.76. The largest absolute Gasteiger partial charge is 0.356 e. The van der Waals surface area contributed by atoms with Gasteiger partial charge < -0.3 is 16.0 Å². The monoisotopic (exact) mass is 253 g/mol. The standard InChI is InChI=1S/C13H23N3O2/c1-9(14)13(18)16-6-2-3-11(8-16)12(17)15-7-10-4-5-10/h9-11H,2-8,14H2,1H3,(H,15,17). The van der Waals surface area contributed by atoms with Crippen LogP contribution in [-0.4, -0.2) is 42.4 Å². The van der Waals surface area contributed by atoms with Crippen LogP contribution in [0.5, 0.6) is 0 Å². The molecule has 2 atom stereocenters. The number of carbonyl (C=O) groups excluding carboxylic acids is 2. The fraction of sp³-hybridized carbons (Fsp3) is 0.846. The topological polar surface area (TPSA) is 75.4 Å². The first-order valence-electron chi connectivity index (χ1n) is 6.90. The van der Waals surface area contributed by atoms with Crippen molar-refractivity contribution in [3.05, 3.63) is 0 Å². The van der Waals surface area contributed by atoms with E-state index in [2.05, 4.69) is 5.32 Å². The van der Waals surface area contributed by atoms with Gasteiger partial charge in [-0.05, 0) is 38.5 Å². The van der Waals surface area contributed by atoms with Gasteiger partial charge in [-0.25, -0.2) is 0 Å². The first-order chi connectivity index (χ1) is 8.58. The van der Waals surface area contributed by atoms with Gasteiger partial charge in [0.05, 0.1) is 12.0 Å². The van der Waals surface area contributed by atoms with Gasteiger partial charge in [0.1, 0.15) is 0 Å². The van der Waals surface area contributed by atoms with E-state index in [1.807, 2.05) is 0 Å². The predicted molar refractivity (Wildman–Crippen MR) is 68.7 cm³/mol. The molecule has 1 saturated carbocycles. The molecule has 0 aromatic carbocycles. The van der Waals surface area contributed by atoms with E-state index < -0.39 is 6.04 Å². The Morgan fingerprint density at radius 2 is 2.11 bits per heavy atom. The molecule has 0 bridgehead atoms. The van der Waals surface area contributed by atoms with E-state index in [1.54, 1.807) is 11.8 Å². The number of hydrogen-bond donors (Lipinski definition) is 2. The summed E-state index contributed by atoms with van der Waals surface area (Å²) < 4.78 is 0. The molecule has 0 spiro atoms. The van der Waals surface area contributed by atoms with Gasteiger partial charge in [0, 0.05) is 19.6 Å². The van der Waals surface area contributed by atoms with E-state index >= 15 is 0 Å². The molecule has 2 amide bonds. The highest BCUT2D eigenvalue weighted by Crippen LogP contribution is 2.27. The Labute approximate surface area is 108 Å². The number of carbonyl (C=O) groups is 2. The van der Waals surface area contributed by atoms with Gasteiger partial charge in [-0.3, -0.25) is 9.59 Å². The van der Waals surface area contributed by atoms with Crippen LogP contribution in [0.25, 0.3) is 0 Å². The Morgan fingerprint density at radius 1 is 1.39 bits per heavy atom. The van der Waals surface area contributed by atoms with E-state index in [0.717, 1.165) is 25.9 Å². The van der Waals surface area contributed by atoms with Crippen molar-refractivity contribution >= 4 is 11.8 Å². The number of nitrogens with zero attached hydrogens (tertiary/aromatic N) is 1. The van der Waals surface area contributed by atoms with Crippen molar-refractivity contribution in [3.63, 3.8) is 0 Å². The quantitative estimate of drug-likeness (QED) is 0.746. The molecule has 2 fully saturated rings. The first-order valence-corrected chi connectivity index (χ1v) is 6.90. The summed E-state index contributed by atoms with van der Waals surface area (Å²) in [6.07, 6.45) is 4.24. The van der Waals surface area contributed by atoms with Crippen molar-refractivity contribution in [2.24, 2.45) is 17.6 Å². The molecule has 0 radical (unpaired) electrons. The Balaban J connectivity index is 1.81. The van der Waals surface area contributed by atoms with Crippen LogP contribution in [0.4, 0.5) is 0 Å². The zero-order chi connectivity index (χ0) is 13.1. The molecular formula is C13H23N3O2. The van der Waals surface area contributed by atoms with E-state index in [0.29, 0.717) is 12.5 Å². The normalized spacial score (nSPS) is 25.7. The fourth-order valence-electron chi connectivity index (χ4n) is 2.39. The Morgan fingerprint density at radius 3 is 2.72 bits per heavy atom. The van der Waals surface area contributed by atoms with Gasteiger partial charge in [0.2, 0.25) is 11.8 Å². The molecule has 0 aromatic rings. The third kappa shape index (κ3) is 3.45. The predicted octanol–water partition coefficient (Wildman–Crippen LogP) is 0.0984. The zero-order valence-corrected chi connectivity index (χ0v) is 11.0. The average Bonchev–Trinajstić information content (AvgIpc) is 3.19. The minimum atomic E-state index is -0.474. The number of amides is 2.